The number of nitrogens with zero attached hydrogens (tertiary/aromatic N) is 2. The molecule has 1 fully saturated rings. The normalized spacial score (nSPS) is 24.1. The number of ether oxygens (including phenoxy) is 1. The smallest absolute Gasteiger partial charge is 0.335 e. The van der Waals surface area contributed by atoms with E-state index in [2.05, 4.69) is 4.98 Å². The second-order valence-electron chi connectivity index (χ2n) is 3.95. The van der Waals surface area contributed by atoms with E-state index in [4.69, 9.17) is 4.74 Å². The number of aliphatic carboxylic acids is 1. The summed E-state index contributed by atoms with van der Waals surface area (Å²) in [4.78, 5) is 28.6. The molecule has 18 heavy (non-hydrogen) atoms. The number of aromatic nitrogens is 1. The van der Waals surface area contributed by atoms with Gasteiger partial charge in [-0.2, -0.15) is 0 Å². The van der Waals surface area contributed by atoms with Crippen LogP contribution in [0, 0.1) is 0 Å². The number of morpholine rings is 1. The molecule has 6 heteroatoms. The molecule has 0 radical (unpaired) electrons. The molecular formula is C12H14N2O4. The maximum atomic E-state index is 11.8. The van der Waals surface area contributed by atoms with Crippen LogP contribution in [0.25, 0.3) is 0 Å². The van der Waals surface area contributed by atoms with E-state index in [1.54, 1.807) is 31.3 Å². The second-order valence-corrected chi connectivity index (χ2v) is 3.95. The SMILES string of the molecule is CCN1C(=O)COC(C(=O)O)C1c1ccccn1. The van der Waals surface area contributed by atoms with Crippen molar-refractivity contribution in [1.82, 2.24) is 9.88 Å². The maximum Gasteiger partial charge on any atom is 0.335 e. The minimum Gasteiger partial charge on any atom is -0.479 e. The van der Waals surface area contributed by atoms with Crippen LogP contribution in [0.3, 0.4) is 0 Å². The van der Waals surface area contributed by atoms with Crippen LogP contribution in [-0.2, 0) is 14.3 Å². The van der Waals surface area contributed by atoms with Crippen molar-refractivity contribution in [2.45, 2.75) is 19.1 Å². The Morgan fingerprint density at radius 3 is 2.94 bits per heavy atom. The molecule has 2 rings (SSSR count). The third-order valence-electron chi connectivity index (χ3n) is 2.90. The first-order chi connectivity index (χ1) is 8.65. The third kappa shape index (κ3) is 2.19. The van der Waals surface area contributed by atoms with Gasteiger partial charge in [-0.05, 0) is 19.1 Å². The topological polar surface area (TPSA) is 79.7 Å². The van der Waals surface area contributed by atoms with Gasteiger partial charge in [-0.15, -0.1) is 0 Å². The van der Waals surface area contributed by atoms with E-state index in [1.165, 1.54) is 4.90 Å². The van der Waals surface area contributed by atoms with Crippen molar-refractivity contribution in [2.75, 3.05) is 13.2 Å². The number of carboxylic acids is 1. The minimum absolute atomic E-state index is 0.200. The molecule has 0 saturated carbocycles. The van der Waals surface area contributed by atoms with E-state index in [1.807, 2.05) is 0 Å². The van der Waals surface area contributed by atoms with Crippen molar-refractivity contribution in [2.24, 2.45) is 0 Å². The predicted octanol–water partition coefficient (Wildman–Crippen LogP) is 0.455. The highest BCUT2D eigenvalue weighted by Crippen LogP contribution is 2.28. The van der Waals surface area contributed by atoms with E-state index in [0.29, 0.717) is 12.2 Å². The van der Waals surface area contributed by atoms with Gasteiger partial charge in [0.1, 0.15) is 12.6 Å². The molecule has 2 heterocycles. The van der Waals surface area contributed by atoms with Crippen LogP contribution in [0.4, 0.5) is 0 Å². The van der Waals surface area contributed by atoms with Gasteiger partial charge in [0.2, 0.25) is 5.91 Å². The van der Waals surface area contributed by atoms with Crippen molar-refractivity contribution >= 4 is 11.9 Å². The van der Waals surface area contributed by atoms with Crippen molar-refractivity contribution < 1.29 is 19.4 Å². The van der Waals surface area contributed by atoms with Crippen molar-refractivity contribution in [3.05, 3.63) is 30.1 Å². The van der Waals surface area contributed by atoms with Crippen LogP contribution in [0.5, 0.6) is 0 Å². The van der Waals surface area contributed by atoms with Crippen LogP contribution < -0.4 is 0 Å². The number of carboxylic acid groups (broad SMARTS) is 1. The van der Waals surface area contributed by atoms with Crippen molar-refractivity contribution in [1.29, 1.82) is 0 Å². The fourth-order valence-corrected chi connectivity index (χ4v) is 2.10. The Hall–Kier alpha value is -1.95. The quantitative estimate of drug-likeness (QED) is 0.842. The largest absolute Gasteiger partial charge is 0.479 e. The molecule has 1 saturated heterocycles. The summed E-state index contributed by atoms with van der Waals surface area (Å²) >= 11 is 0. The molecular weight excluding hydrogens is 236 g/mol. The molecule has 1 aromatic heterocycles. The number of rotatable bonds is 3. The molecule has 96 valence electrons. The van der Waals surface area contributed by atoms with E-state index >= 15 is 0 Å². The molecule has 1 aromatic rings. The van der Waals surface area contributed by atoms with Crippen molar-refractivity contribution in [3.8, 4) is 0 Å². The molecule has 0 aromatic carbocycles. The fraction of sp³-hybridized carbons (Fsp3) is 0.417. The highest BCUT2D eigenvalue weighted by molar-refractivity contribution is 5.82. The van der Waals surface area contributed by atoms with Crippen molar-refractivity contribution in [3.63, 3.8) is 0 Å². The molecule has 1 aliphatic rings. The lowest BCUT2D eigenvalue weighted by atomic mass is 10.0. The van der Waals surface area contributed by atoms with Gasteiger partial charge in [0, 0.05) is 12.7 Å². The Labute approximate surface area is 104 Å². The summed E-state index contributed by atoms with van der Waals surface area (Å²) in [7, 11) is 0. The van der Waals surface area contributed by atoms with Gasteiger partial charge in [0.25, 0.3) is 0 Å². The average Bonchev–Trinajstić information content (AvgIpc) is 2.39. The Morgan fingerprint density at radius 2 is 2.39 bits per heavy atom. The Kier molecular flexibility index (Phi) is 3.57. The monoisotopic (exact) mass is 250 g/mol. The van der Waals surface area contributed by atoms with Gasteiger partial charge >= 0.3 is 5.97 Å². The van der Waals surface area contributed by atoms with Gasteiger partial charge in [0.15, 0.2) is 6.10 Å². The number of hydrogen-bond acceptors (Lipinski definition) is 4. The van der Waals surface area contributed by atoms with Gasteiger partial charge < -0.3 is 14.7 Å². The molecule has 1 amide bonds. The first-order valence-corrected chi connectivity index (χ1v) is 5.70. The number of likely N-dealkylation sites (N-methyl/N-ethyl adjacent to an activating group) is 1. The lowest BCUT2D eigenvalue weighted by Gasteiger charge is -2.38. The van der Waals surface area contributed by atoms with E-state index in [9.17, 15) is 14.7 Å². The lowest BCUT2D eigenvalue weighted by molar-refractivity contribution is -0.173. The van der Waals surface area contributed by atoms with Crippen LogP contribution in [-0.4, -0.2) is 46.1 Å². The third-order valence-corrected chi connectivity index (χ3v) is 2.90. The number of pyridine rings is 1. The molecule has 0 bridgehead atoms. The molecule has 6 nitrogen and oxygen atoms in total. The Balaban J connectivity index is 2.40. The summed E-state index contributed by atoms with van der Waals surface area (Å²) in [6.07, 6.45) is 0.499. The predicted molar refractivity (Wildman–Crippen MR) is 61.7 cm³/mol. The van der Waals surface area contributed by atoms with E-state index in [0.717, 1.165) is 0 Å². The summed E-state index contributed by atoms with van der Waals surface area (Å²) < 4.78 is 5.12. The summed E-state index contributed by atoms with van der Waals surface area (Å²) in [5.41, 5.74) is 0.528. The molecule has 0 aliphatic carbocycles. The molecule has 2 atom stereocenters. The van der Waals surface area contributed by atoms with Gasteiger partial charge in [-0.25, -0.2) is 4.79 Å². The van der Waals surface area contributed by atoms with Gasteiger partial charge in [0.05, 0.1) is 5.69 Å². The Morgan fingerprint density at radius 1 is 1.61 bits per heavy atom. The van der Waals surface area contributed by atoms with Crippen LogP contribution in [0.1, 0.15) is 18.7 Å². The number of hydrogen-bond donors (Lipinski definition) is 1. The molecule has 1 aliphatic heterocycles. The minimum atomic E-state index is -1.09. The van der Waals surface area contributed by atoms with Crippen LogP contribution >= 0.6 is 0 Å². The summed E-state index contributed by atoms with van der Waals surface area (Å²) in [6, 6.07) is 4.52. The molecule has 0 spiro atoms. The number of amides is 1. The standard InChI is InChI=1S/C12H14N2O4/c1-2-14-9(15)7-18-11(12(16)17)10(14)8-5-3-4-6-13-8/h3-6,10-11H,2,7H2,1H3,(H,16,17). The Bertz CT molecular complexity index is 447. The van der Waals surface area contributed by atoms with Crippen LogP contribution in [0.15, 0.2) is 24.4 Å². The zero-order chi connectivity index (χ0) is 13.1. The molecule has 2 unspecified atom stereocenters. The zero-order valence-electron chi connectivity index (χ0n) is 9.94. The summed E-state index contributed by atoms with van der Waals surface area (Å²) in [5.74, 6) is -1.30. The number of carbonyl (C=O) groups excluding carboxylic acids is 1. The summed E-state index contributed by atoms with van der Waals surface area (Å²) in [6.45, 7) is 2.03. The zero-order valence-corrected chi connectivity index (χ0v) is 9.94. The highest BCUT2D eigenvalue weighted by atomic mass is 16.5. The maximum absolute atomic E-state index is 11.8. The van der Waals surface area contributed by atoms with Crippen LogP contribution in [0.2, 0.25) is 0 Å². The van der Waals surface area contributed by atoms with E-state index < -0.39 is 18.1 Å². The first kappa shape index (κ1) is 12.5. The lowest BCUT2D eigenvalue weighted by Crippen LogP contribution is -2.51. The number of carbonyl (C=O) groups is 2. The highest BCUT2D eigenvalue weighted by Gasteiger charge is 2.41. The fourth-order valence-electron chi connectivity index (χ4n) is 2.10. The first-order valence-electron chi connectivity index (χ1n) is 5.70. The summed E-state index contributed by atoms with van der Waals surface area (Å²) in [5, 5.41) is 9.18. The average molecular weight is 250 g/mol. The van der Waals surface area contributed by atoms with Gasteiger partial charge in [-0.1, -0.05) is 6.07 Å². The van der Waals surface area contributed by atoms with Gasteiger partial charge in [-0.3, -0.25) is 9.78 Å². The van der Waals surface area contributed by atoms with E-state index in [-0.39, 0.29) is 12.5 Å². The second kappa shape index (κ2) is 5.14. The molecule has 1 N–H and O–H groups in total.